The van der Waals surface area contributed by atoms with E-state index in [9.17, 15) is 22.4 Å². The fourth-order valence-electron chi connectivity index (χ4n) is 4.44. The lowest BCUT2D eigenvalue weighted by Gasteiger charge is -2.25. The van der Waals surface area contributed by atoms with Crippen molar-refractivity contribution in [2.75, 3.05) is 17.2 Å². The van der Waals surface area contributed by atoms with E-state index in [0.29, 0.717) is 21.8 Å². The summed E-state index contributed by atoms with van der Waals surface area (Å²) in [6.07, 6.45) is 2.00. The van der Waals surface area contributed by atoms with Crippen molar-refractivity contribution in [3.05, 3.63) is 77.8 Å². The molecule has 0 saturated carbocycles. The maximum atomic E-state index is 14.4. The zero-order valence-corrected chi connectivity index (χ0v) is 19.7. The number of nitrogens with two attached hydrogens (primary N) is 1. The van der Waals surface area contributed by atoms with Gasteiger partial charge in [-0.2, -0.15) is 13.2 Å². The maximum Gasteiger partial charge on any atom is 0.406 e. The zero-order valence-electron chi connectivity index (χ0n) is 19.7. The number of aryl methyl sites for hydroxylation is 1. The number of rotatable bonds is 4. The van der Waals surface area contributed by atoms with E-state index in [0.717, 1.165) is 11.4 Å². The Morgan fingerprint density at radius 2 is 2.03 bits per heavy atom. The van der Waals surface area contributed by atoms with Gasteiger partial charge in [0.15, 0.2) is 6.20 Å². The fraction of sp³-hybridized carbons (Fsp3) is 0.240. The van der Waals surface area contributed by atoms with Crippen LogP contribution in [0.15, 0.2) is 65.5 Å². The number of hydrogen-bond donors (Lipinski definition) is 1. The number of fused-ring (bicyclic) bond motifs is 1. The van der Waals surface area contributed by atoms with Crippen molar-refractivity contribution in [1.29, 1.82) is 0 Å². The molecule has 1 aromatic heterocycles. The number of hydrogen-bond acceptors (Lipinski definition) is 5. The minimum atomic E-state index is -4.66. The summed E-state index contributed by atoms with van der Waals surface area (Å²) in [4.78, 5) is 18.0. The lowest BCUT2D eigenvalue weighted by Crippen LogP contribution is -2.42. The number of amides is 1. The number of anilines is 2. The molecule has 0 spiro atoms. The molecule has 2 aliphatic heterocycles. The Kier molecular flexibility index (Phi) is 6.10. The van der Waals surface area contributed by atoms with E-state index in [2.05, 4.69) is 15.3 Å². The molecule has 0 saturated heterocycles. The molecule has 2 aromatic carbocycles. The number of alkyl halides is 3. The van der Waals surface area contributed by atoms with Crippen molar-refractivity contribution in [2.45, 2.75) is 25.9 Å². The standard InChI is InChI=1S/C25H22F4N7O/c1-15-10-34(14-31-15)23-8-6-16(9-20(23)30)21-12-35(33-32-21)11-17-5-7-18-19(26)3-2-4-22(18)36(24(17)37)13-25(27,28)29/h2-4,6,8-12,14,17H,5,7,13,30H2,1H3/q+1/b35-11+. The van der Waals surface area contributed by atoms with Crippen molar-refractivity contribution in [1.82, 2.24) is 9.55 Å². The number of nitrogen functional groups attached to an aromatic ring is 1. The summed E-state index contributed by atoms with van der Waals surface area (Å²) >= 11 is 0. The van der Waals surface area contributed by atoms with Gasteiger partial charge in [-0.15, -0.1) is 4.68 Å². The fourth-order valence-corrected chi connectivity index (χ4v) is 4.44. The van der Waals surface area contributed by atoms with Gasteiger partial charge in [0, 0.05) is 17.3 Å². The zero-order chi connectivity index (χ0) is 26.3. The summed E-state index contributed by atoms with van der Waals surface area (Å²) in [5.41, 5.74) is 9.43. The topological polar surface area (TPSA) is 91.9 Å². The van der Waals surface area contributed by atoms with Crippen LogP contribution in [0.25, 0.3) is 11.4 Å². The highest BCUT2D eigenvalue weighted by Crippen LogP contribution is 2.33. The first kappa shape index (κ1) is 24.3. The minimum Gasteiger partial charge on any atom is -0.397 e. The van der Waals surface area contributed by atoms with Crippen LogP contribution < -0.4 is 10.6 Å². The van der Waals surface area contributed by atoms with Gasteiger partial charge in [-0.1, -0.05) is 6.07 Å². The van der Waals surface area contributed by atoms with E-state index in [1.807, 2.05) is 19.2 Å². The first-order chi connectivity index (χ1) is 17.6. The van der Waals surface area contributed by atoms with E-state index < -0.39 is 30.4 Å². The van der Waals surface area contributed by atoms with Gasteiger partial charge < -0.3 is 15.2 Å². The molecule has 1 unspecified atom stereocenters. The molecule has 8 nitrogen and oxygen atoms in total. The number of imidazole rings is 1. The Balaban J connectivity index is 1.42. The lowest BCUT2D eigenvalue weighted by molar-refractivity contribution is -0.460. The van der Waals surface area contributed by atoms with Crippen molar-refractivity contribution in [2.24, 2.45) is 16.3 Å². The number of halogens is 4. The Bertz CT molecular complexity index is 1470. The molecule has 37 heavy (non-hydrogen) atoms. The van der Waals surface area contributed by atoms with Crippen LogP contribution in [0.4, 0.5) is 28.9 Å². The monoisotopic (exact) mass is 512 g/mol. The highest BCUT2D eigenvalue weighted by atomic mass is 19.4. The van der Waals surface area contributed by atoms with Crippen molar-refractivity contribution in [3.8, 4) is 5.69 Å². The van der Waals surface area contributed by atoms with Crippen molar-refractivity contribution < 1.29 is 27.0 Å². The second-order valence-corrected chi connectivity index (χ2v) is 8.85. The third kappa shape index (κ3) is 4.99. The van der Waals surface area contributed by atoms with Crippen LogP contribution in [0, 0.1) is 18.7 Å². The highest BCUT2D eigenvalue weighted by molar-refractivity contribution is 6.04. The minimum absolute atomic E-state index is 0.0684. The van der Waals surface area contributed by atoms with Gasteiger partial charge in [0.1, 0.15) is 23.8 Å². The molecule has 2 N–H and O–H groups in total. The first-order valence-electron chi connectivity index (χ1n) is 11.4. The molecule has 190 valence electrons. The molecule has 12 heteroatoms. The third-order valence-electron chi connectivity index (χ3n) is 6.17. The lowest BCUT2D eigenvalue weighted by atomic mass is 10.0. The first-order valence-corrected chi connectivity index (χ1v) is 11.4. The van der Waals surface area contributed by atoms with Crippen LogP contribution in [-0.2, 0) is 11.2 Å². The van der Waals surface area contributed by atoms with Gasteiger partial charge in [0.25, 0.3) is 5.70 Å². The summed E-state index contributed by atoms with van der Waals surface area (Å²) in [7, 11) is 0. The second kappa shape index (κ2) is 9.26. The molecule has 1 amide bonds. The van der Waals surface area contributed by atoms with Gasteiger partial charge in [-0.25, -0.2) is 9.37 Å². The van der Waals surface area contributed by atoms with Crippen LogP contribution >= 0.6 is 0 Å². The number of aromatic nitrogens is 2. The van der Waals surface area contributed by atoms with Gasteiger partial charge in [0.05, 0.1) is 40.1 Å². The average molecular weight is 512 g/mol. The summed E-state index contributed by atoms with van der Waals surface area (Å²) in [6, 6.07) is 9.13. The summed E-state index contributed by atoms with van der Waals surface area (Å²) in [5, 5.41) is 8.14. The molecule has 2 aliphatic rings. The van der Waals surface area contributed by atoms with Gasteiger partial charge in [0.2, 0.25) is 5.91 Å². The SMILES string of the molecule is Cc1cn(-c2ccc(C3=C/[N+](=C\C4CCc5c(F)cccc5N(CC(F)(F)F)C4=O)N=N3)cc2N)cn1. The van der Waals surface area contributed by atoms with Crippen LogP contribution in [0.5, 0.6) is 0 Å². The third-order valence-corrected chi connectivity index (χ3v) is 6.17. The van der Waals surface area contributed by atoms with Gasteiger partial charge >= 0.3 is 6.18 Å². The predicted molar refractivity (Wildman–Crippen MR) is 128 cm³/mol. The Morgan fingerprint density at radius 1 is 1.22 bits per heavy atom. The van der Waals surface area contributed by atoms with E-state index in [-0.39, 0.29) is 24.1 Å². The van der Waals surface area contributed by atoms with Gasteiger partial charge in [-0.3, -0.25) is 4.79 Å². The Hall–Kier alpha value is -4.35. The largest absolute Gasteiger partial charge is 0.406 e. The van der Waals surface area contributed by atoms with E-state index in [1.165, 1.54) is 29.1 Å². The molecular weight excluding hydrogens is 490 g/mol. The molecule has 0 bridgehead atoms. The average Bonchev–Trinajstić information content (AvgIpc) is 3.46. The van der Waals surface area contributed by atoms with Crippen molar-refractivity contribution in [3.63, 3.8) is 0 Å². The molecule has 3 aromatic rings. The second-order valence-electron chi connectivity index (χ2n) is 8.85. The smallest absolute Gasteiger partial charge is 0.397 e. The van der Waals surface area contributed by atoms with E-state index in [4.69, 9.17) is 5.73 Å². The number of nitrogens with zero attached hydrogens (tertiary/aromatic N) is 6. The molecule has 3 heterocycles. The maximum absolute atomic E-state index is 14.4. The number of benzene rings is 2. The highest BCUT2D eigenvalue weighted by Gasteiger charge is 2.39. The Morgan fingerprint density at radius 3 is 2.73 bits per heavy atom. The number of carbonyl (C=O) groups excluding carboxylic acids is 1. The van der Waals surface area contributed by atoms with Crippen LogP contribution in [0.3, 0.4) is 0 Å². The predicted octanol–water partition coefficient (Wildman–Crippen LogP) is 4.82. The van der Waals surface area contributed by atoms with Crippen LogP contribution in [0.1, 0.15) is 23.2 Å². The van der Waals surface area contributed by atoms with E-state index in [1.54, 1.807) is 29.2 Å². The Labute approximate surface area is 209 Å². The summed E-state index contributed by atoms with van der Waals surface area (Å²) in [5.74, 6) is -2.41. The normalized spacial score (nSPS) is 18.8. The van der Waals surface area contributed by atoms with E-state index >= 15 is 0 Å². The molecule has 5 rings (SSSR count). The summed E-state index contributed by atoms with van der Waals surface area (Å²) < 4.78 is 57.5. The van der Waals surface area contributed by atoms with Crippen molar-refractivity contribution >= 4 is 29.2 Å². The summed E-state index contributed by atoms with van der Waals surface area (Å²) in [6.45, 7) is 0.351. The molecule has 1 atom stereocenters. The molecule has 0 radical (unpaired) electrons. The molecule has 0 fully saturated rings. The van der Waals surface area contributed by atoms with Gasteiger partial charge in [-0.05, 0) is 50.1 Å². The quantitative estimate of drug-likeness (QED) is 0.309. The molecular formula is C25H22F4N7O+. The van der Waals surface area contributed by atoms with Crippen LogP contribution in [0.2, 0.25) is 0 Å². The molecule has 0 aliphatic carbocycles. The van der Waals surface area contributed by atoms with Crippen LogP contribution in [-0.4, -0.2) is 39.1 Å². The number of carbonyl (C=O) groups is 1.